The van der Waals surface area contributed by atoms with Crippen molar-refractivity contribution in [1.82, 2.24) is 14.8 Å². The van der Waals surface area contributed by atoms with Gasteiger partial charge in [-0.1, -0.05) is 25.1 Å². The average molecular weight is 374 g/mol. The Hall–Kier alpha value is -1.76. The first-order valence-corrected chi connectivity index (χ1v) is 10.1. The molecule has 132 valence electrons. The van der Waals surface area contributed by atoms with Crippen LogP contribution in [0, 0.1) is 0 Å². The fourth-order valence-electron chi connectivity index (χ4n) is 2.66. The minimum Gasteiger partial charge on any atom is -0.335 e. The van der Waals surface area contributed by atoms with Crippen molar-refractivity contribution >= 4 is 38.8 Å². The van der Waals surface area contributed by atoms with E-state index in [9.17, 15) is 4.79 Å². The maximum atomic E-state index is 12.7. The van der Waals surface area contributed by atoms with Gasteiger partial charge in [0.2, 0.25) is 5.91 Å². The molecule has 25 heavy (non-hydrogen) atoms. The number of nitrogens with zero attached hydrogens (tertiary/aromatic N) is 3. The van der Waals surface area contributed by atoms with Crippen molar-refractivity contribution < 1.29 is 4.79 Å². The standard InChI is InChI=1S/C19H23N3OS2/c1-4-22(12-15-8-7-11-24-15)13-18(23)21(3)14(2)19-20-16-9-5-6-10-17(16)25-19/h5-11,14H,4,12-13H2,1-3H3/t14-/m0/s1. The van der Waals surface area contributed by atoms with Crippen LogP contribution in [0.2, 0.25) is 0 Å². The Balaban J connectivity index is 1.65. The molecule has 1 atom stereocenters. The van der Waals surface area contributed by atoms with Crippen molar-refractivity contribution in [2.75, 3.05) is 20.1 Å². The molecule has 6 heteroatoms. The fourth-order valence-corrected chi connectivity index (χ4v) is 4.46. The van der Waals surface area contributed by atoms with E-state index < -0.39 is 0 Å². The number of fused-ring (bicyclic) bond motifs is 1. The van der Waals surface area contributed by atoms with E-state index >= 15 is 0 Å². The number of thiazole rings is 1. The van der Waals surface area contributed by atoms with E-state index in [1.54, 1.807) is 22.7 Å². The molecule has 0 aliphatic heterocycles. The lowest BCUT2D eigenvalue weighted by molar-refractivity contribution is -0.133. The third-order valence-electron chi connectivity index (χ3n) is 4.41. The number of amides is 1. The summed E-state index contributed by atoms with van der Waals surface area (Å²) in [5, 5.41) is 3.06. The van der Waals surface area contributed by atoms with Crippen molar-refractivity contribution in [3.8, 4) is 0 Å². The number of hydrogen-bond acceptors (Lipinski definition) is 5. The van der Waals surface area contributed by atoms with Crippen LogP contribution < -0.4 is 0 Å². The van der Waals surface area contributed by atoms with E-state index in [4.69, 9.17) is 0 Å². The first-order valence-electron chi connectivity index (χ1n) is 8.44. The van der Waals surface area contributed by atoms with Gasteiger partial charge in [-0.2, -0.15) is 0 Å². The smallest absolute Gasteiger partial charge is 0.237 e. The van der Waals surface area contributed by atoms with Crippen LogP contribution in [0.25, 0.3) is 10.2 Å². The lowest BCUT2D eigenvalue weighted by atomic mass is 10.3. The van der Waals surface area contributed by atoms with Gasteiger partial charge in [-0.25, -0.2) is 4.98 Å². The highest BCUT2D eigenvalue weighted by molar-refractivity contribution is 7.18. The molecule has 3 aromatic rings. The number of para-hydroxylation sites is 1. The second-order valence-corrected chi connectivity index (χ2v) is 8.18. The second-order valence-electron chi connectivity index (χ2n) is 6.08. The molecule has 0 spiro atoms. The number of carbonyl (C=O) groups excluding carboxylic acids is 1. The highest BCUT2D eigenvalue weighted by atomic mass is 32.1. The van der Waals surface area contributed by atoms with Gasteiger partial charge in [-0.05, 0) is 37.0 Å². The third kappa shape index (κ3) is 4.26. The van der Waals surface area contributed by atoms with Gasteiger partial charge in [0.05, 0.1) is 22.8 Å². The van der Waals surface area contributed by atoms with Crippen LogP contribution in [0.15, 0.2) is 41.8 Å². The van der Waals surface area contributed by atoms with Crippen LogP contribution in [0.5, 0.6) is 0 Å². The minimum atomic E-state index is -0.0228. The summed E-state index contributed by atoms with van der Waals surface area (Å²) in [4.78, 5) is 22.7. The van der Waals surface area contributed by atoms with E-state index in [1.165, 1.54) is 4.88 Å². The number of thiophene rings is 1. The van der Waals surface area contributed by atoms with Gasteiger partial charge >= 0.3 is 0 Å². The van der Waals surface area contributed by atoms with Crippen LogP contribution in [0.1, 0.15) is 29.8 Å². The van der Waals surface area contributed by atoms with E-state index in [0.717, 1.165) is 28.3 Å². The fraction of sp³-hybridized carbons (Fsp3) is 0.368. The number of aromatic nitrogens is 1. The van der Waals surface area contributed by atoms with Gasteiger partial charge in [0.1, 0.15) is 5.01 Å². The van der Waals surface area contributed by atoms with E-state index in [-0.39, 0.29) is 11.9 Å². The van der Waals surface area contributed by atoms with Crippen LogP contribution in [-0.2, 0) is 11.3 Å². The molecule has 0 aliphatic rings. The molecular formula is C19H23N3OS2. The zero-order chi connectivity index (χ0) is 17.8. The lowest BCUT2D eigenvalue weighted by Crippen LogP contribution is -2.39. The average Bonchev–Trinajstić information content (AvgIpc) is 3.28. The molecule has 0 unspecified atom stereocenters. The Kier molecular flexibility index (Phi) is 5.83. The summed E-state index contributed by atoms with van der Waals surface area (Å²) < 4.78 is 1.16. The molecule has 2 heterocycles. The van der Waals surface area contributed by atoms with Crippen molar-refractivity contribution in [2.45, 2.75) is 26.4 Å². The molecule has 1 amide bonds. The minimum absolute atomic E-state index is 0.0228. The molecule has 0 saturated heterocycles. The van der Waals surface area contributed by atoms with Gasteiger partial charge in [-0.3, -0.25) is 9.69 Å². The molecule has 0 saturated carbocycles. The first kappa shape index (κ1) is 18.0. The predicted molar refractivity (Wildman–Crippen MR) is 106 cm³/mol. The first-order chi connectivity index (χ1) is 12.1. The summed E-state index contributed by atoms with van der Waals surface area (Å²) in [6.45, 7) is 6.25. The molecule has 0 aliphatic carbocycles. The Morgan fingerprint density at radius 3 is 2.72 bits per heavy atom. The predicted octanol–water partition coefficient (Wildman–Crippen LogP) is 4.40. The highest BCUT2D eigenvalue weighted by Gasteiger charge is 2.22. The topological polar surface area (TPSA) is 36.4 Å². The summed E-state index contributed by atoms with van der Waals surface area (Å²) in [6, 6.07) is 12.3. The largest absolute Gasteiger partial charge is 0.335 e. The normalized spacial score (nSPS) is 12.6. The molecule has 2 aromatic heterocycles. The number of hydrogen-bond donors (Lipinski definition) is 0. The van der Waals surface area contributed by atoms with Crippen LogP contribution in [0.3, 0.4) is 0 Å². The van der Waals surface area contributed by atoms with E-state index in [1.807, 2.05) is 37.1 Å². The molecule has 0 radical (unpaired) electrons. The molecule has 0 N–H and O–H groups in total. The summed E-state index contributed by atoms with van der Waals surface area (Å²) in [7, 11) is 1.87. The van der Waals surface area contributed by atoms with Gasteiger partial charge in [0.15, 0.2) is 0 Å². The molecule has 4 nitrogen and oxygen atoms in total. The van der Waals surface area contributed by atoms with Crippen LogP contribution in [-0.4, -0.2) is 40.8 Å². The monoisotopic (exact) mass is 373 g/mol. The Morgan fingerprint density at radius 2 is 2.04 bits per heavy atom. The van der Waals surface area contributed by atoms with Crippen LogP contribution >= 0.6 is 22.7 Å². The molecule has 3 rings (SSSR count). The SMILES string of the molecule is CCN(CC(=O)N(C)[C@@H](C)c1nc2ccccc2s1)Cc1cccs1. The molecule has 1 aromatic carbocycles. The Labute approximate surface area is 156 Å². The van der Waals surface area contributed by atoms with E-state index in [2.05, 4.69) is 40.4 Å². The quantitative estimate of drug-likeness (QED) is 0.616. The number of rotatable bonds is 7. The van der Waals surface area contributed by atoms with Crippen molar-refractivity contribution in [3.05, 3.63) is 51.7 Å². The number of carbonyl (C=O) groups is 1. The van der Waals surface area contributed by atoms with Crippen LogP contribution in [0.4, 0.5) is 0 Å². The Bertz CT molecular complexity index is 795. The van der Waals surface area contributed by atoms with Gasteiger partial charge in [0.25, 0.3) is 0 Å². The zero-order valence-electron chi connectivity index (χ0n) is 14.8. The maximum absolute atomic E-state index is 12.7. The summed E-state index contributed by atoms with van der Waals surface area (Å²) in [6.07, 6.45) is 0. The Morgan fingerprint density at radius 1 is 1.24 bits per heavy atom. The third-order valence-corrected chi connectivity index (χ3v) is 6.48. The summed E-state index contributed by atoms with van der Waals surface area (Å²) in [5.41, 5.74) is 1.00. The lowest BCUT2D eigenvalue weighted by Gasteiger charge is -2.27. The van der Waals surface area contributed by atoms with Crippen molar-refractivity contribution in [1.29, 1.82) is 0 Å². The number of likely N-dealkylation sites (N-methyl/N-ethyl adjacent to an activating group) is 2. The van der Waals surface area contributed by atoms with Crippen molar-refractivity contribution in [2.24, 2.45) is 0 Å². The molecule has 0 fully saturated rings. The van der Waals surface area contributed by atoms with Gasteiger partial charge in [-0.15, -0.1) is 22.7 Å². The molecular weight excluding hydrogens is 350 g/mol. The summed E-state index contributed by atoms with van der Waals surface area (Å²) in [5.74, 6) is 0.130. The second kappa shape index (κ2) is 8.08. The molecule has 0 bridgehead atoms. The van der Waals surface area contributed by atoms with Crippen molar-refractivity contribution in [3.63, 3.8) is 0 Å². The summed E-state index contributed by atoms with van der Waals surface area (Å²) >= 11 is 3.40. The van der Waals surface area contributed by atoms with Gasteiger partial charge < -0.3 is 4.90 Å². The van der Waals surface area contributed by atoms with E-state index in [0.29, 0.717) is 6.54 Å². The highest BCUT2D eigenvalue weighted by Crippen LogP contribution is 2.28. The maximum Gasteiger partial charge on any atom is 0.237 e. The zero-order valence-corrected chi connectivity index (χ0v) is 16.4. The number of benzene rings is 1. The van der Waals surface area contributed by atoms with Gasteiger partial charge in [0, 0.05) is 18.5 Å².